The number of Topliss-reactive ketones (excluding diaryl/α,β-unsaturated/α-hetero) is 1. The lowest BCUT2D eigenvalue weighted by atomic mass is 10.1. The van der Waals surface area contributed by atoms with Crippen molar-refractivity contribution in [2.45, 2.75) is 0 Å². The van der Waals surface area contributed by atoms with Gasteiger partial charge in [-0.25, -0.2) is 0 Å². The van der Waals surface area contributed by atoms with Gasteiger partial charge in [-0.05, 0) is 0 Å². The topological polar surface area (TPSA) is 49.3 Å². The normalized spacial score (nSPS) is 14.1. The first-order valence-corrected chi connectivity index (χ1v) is 4.87. The second kappa shape index (κ2) is 3.47. The molecule has 1 aliphatic carbocycles. The molecular formula is C11H9NO2S. The summed E-state index contributed by atoms with van der Waals surface area (Å²) in [5.74, 6) is -0.252. The van der Waals surface area contributed by atoms with Crippen LogP contribution in [-0.4, -0.2) is 22.9 Å². The van der Waals surface area contributed by atoms with E-state index < -0.39 is 0 Å². The summed E-state index contributed by atoms with van der Waals surface area (Å²) in [7, 11) is 1.62. The maximum atomic E-state index is 11.9. The molecule has 0 radical (unpaired) electrons. The summed E-state index contributed by atoms with van der Waals surface area (Å²) in [5, 5.41) is 12.5. The summed E-state index contributed by atoms with van der Waals surface area (Å²) in [6, 6.07) is 6.91. The minimum Gasteiger partial charge on any atom is -0.506 e. The van der Waals surface area contributed by atoms with Crippen LogP contribution in [0.2, 0.25) is 0 Å². The second-order valence-corrected chi connectivity index (χ2v) is 3.59. The van der Waals surface area contributed by atoms with Crippen molar-refractivity contribution in [1.29, 1.82) is 0 Å². The van der Waals surface area contributed by atoms with E-state index in [4.69, 9.17) is 12.2 Å². The van der Waals surface area contributed by atoms with Gasteiger partial charge in [0.05, 0.1) is 5.57 Å². The van der Waals surface area contributed by atoms with Gasteiger partial charge < -0.3 is 10.4 Å². The summed E-state index contributed by atoms with van der Waals surface area (Å²) >= 11 is 4.97. The molecule has 0 aliphatic heterocycles. The highest BCUT2D eigenvalue weighted by atomic mass is 32.1. The fourth-order valence-electron chi connectivity index (χ4n) is 1.60. The van der Waals surface area contributed by atoms with Crippen molar-refractivity contribution in [1.82, 2.24) is 5.32 Å². The monoisotopic (exact) mass is 219 g/mol. The molecule has 0 spiro atoms. The van der Waals surface area contributed by atoms with Gasteiger partial charge in [0.2, 0.25) is 0 Å². The maximum absolute atomic E-state index is 11.9. The van der Waals surface area contributed by atoms with E-state index in [9.17, 15) is 9.90 Å². The minimum absolute atomic E-state index is 0.0325. The molecule has 0 saturated carbocycles. The zero-order chi connectivity index (χ0) is 11.0. The summed E-state index contributed by atoms with van der Waals surface area (Å²) in [6.45, 7) is 0. The summed E-state index contributed by atoms with van der Waals surface area (Å²) in [5.41, 5.74) is 1.24. The molecule has 0 heterocycles. The molecule has 0 unspecified atom stereocenters. The smallest absolute Gasteiger partial charge is 0.200 e. The number of carbonyl (C=O) groups is 1. The molecule has 1 aliphatic rings. The van der Waals surface area contributed by atoms with E-state index in [2.05, 4.69) is 5.32 Å². The molecule has 2 rings (SSSR count). The first kappa shape index (κ1) is 9.86. The van der Waals surface area contributed by atoms with E-state index in [1.165, 1.54) is 0 Å². The molecule has 0 atom stereocenters. The van der Waals surface area contributed by atoms with Crippen LogP contribution in [0.4, 0.5) is 0 Å². The van der Waals surface area contributed by atoms with Gasteiger partial charge in [0.15, 0.2) is 5.78 Å². The lowest BCUT2D eigenvalue weighted by Gasteiger charge is -2.02. The predicted octanol–water partition coefficient (Wildman–Crippen LogP) is 1.70. The Balaban J connectivity index is 2.60. The van der Waals surface area contributed by atoms with Crippen molar-refractivity contribution in [2.75, 3.05) is 7.05 Å². The number of hydrogen-bond acceptors (Lipinski definition) is 3. The Morgan fingerprint density at radius 1 is 1.33 bits per heavy atom. The Kier molecular flexibility index (Phi) is 2.28. The zero-order valence-corrected chi connectivity index (χ0v) is 8.89. The Bertz CT molecular complexity index is 491. The van der Waals surface area contributed by atoms with Crippen molar-refractivity contribution in [2.24, 2.45) is 0 Å². The van der Waals surface area contributed by atoms with Gasteiger partial charge in [-0.1, -0.05) is 36.5 Å². The van der Waals surface area contributed by atoms with Crippen LogP contribution in [0.15, 0.2) is 29.8 Å². The van der Waals surface area contributed by atoms with Gasteiger partial charge >= 0.3 is 0 Å². The number of aliphatic hydroxyl groups is 1. The van der Waals surface area contributed by atoms with E-state index in [1.807, 2.05) is 0 Å². The molecule has 2 N–H and O–H groups in total. The third-order valence-electron chi connectivity index (χ3n) is 2.34. The number of thiocarbonyl (C=S) groups is 1. The number of hydrogen-bond donors (Lipinski definition) is 2. The quantitative estimate of drug-likeness (QED) is 0.706. The van der Waals surface area contributed by atoms with Crippen LogP contribution in [0.3, 0.4) is 0 Å². The van der Waals surface area contributed by atoms with Crippen molar-refractivity contribution >= 4 is 28.7 Å². The van der Waals surface area contributed by atoms with Crippen LogP contribution >= 0.6 is 12.2 Å². The van der Waals surface area contributed by atoms with Gasteiger partial charge in [-0.2, -0.15) is 0 Å². The van der Waals surface area contributed by atoms with Crippen LogP contribution in [0.5, 0.6) is 0 Å². The van der Waals surface area contributed by atoms with E-state index in [-0.39, 0.29) is 22.1 Å². The molecule has 0 fully saturated rings. The minimum atomic E-state index is -0.220. The molecule has 15 heavy (non-hydrogen) atoms. The number of rotatable bonds is 1. The Labute approximate surface area is 92.4 Å². The number of nitrogens with one attached hydrogen (secondary N) is 1. The molecule has 3 nitrogen and oxygen atoms in total. The Morgan fingerprint density at radius 2 is 1.93 bits per heavy atom. The van der Waals surface area contributed by atoms with Crippen molar-refractivity contribution < 1.29 is 9.90 Å². The molecule has 76 valence electrons. The predicted molar refractivity (Wildman–Crippen MR) is 62.0 cm³/mol. The summed E-state index contributed by atoms with van der Waals surface area (Å²) in [6.07, 6.45) is 0. The van der Waals surface area contributed by atoms with Crippen LogP contribution in [0.25, 0.3) is 5.76 Å². The number of carbonyl (C=O) groups excluding carboxylic acids is 1. The first-order chi connectivity index (χ1) is 7.16. The third-order valence-corrected chi connectivity index (χ3v) is 2.75. The molecule has 0 saturated heterocycles. The van der Waals surface area contributed by atoms with Gasteiger partial charge in [0.1, 0.15) is 10.7 Å². The number of ketones is 1. The number of likely N-dealkylation sites (N-methyl/N-ethyl adjacent to an activating group) is 1. The lowest BCUT2D eigenvalue weighted by Crippen LogP contribution is -2.21. The number of benzene rings is 1. The maximum Gasteiger partial charge on any atom is 0.200 e. The van der Waals surface area contributed by atoms with Crippen LogP contribution < -0.4 is 5.32 Å². The number of fused-ring (bicyclic) bond motifs is 1. The highest BCUT2D eigenvalue weighted by molar-refractivity contribution is 7.80. The van der Waals surface area contributed by atoms with Crippen LogP contribution in [-0.2, 0) is 0 Å². The SMILES string of the molecule is CNC(=S)C1=C(O)c2ccccc2C1=O. The second-order valence-electron chi connectivity index (χ2n) is 3.18. The standard InChI is InChI=1S/C11H9NO2S/c1-12-11(15)8-9(13)6-4-2-3-5-7(6)10(8)14/h2-5,13H,1H3,(H,12,15). The average Bonchev–Trinajstić information content (AvgIpc) is 2.52. The largest absolute Gasteiger partial charge is 0.506 e. The molecule has 0 bridgehead atoms. The average molecular weight is 219 g/mol. The lowest BCUT2D eigenvalue weighted by molar-refractivity contribution is 0.104. The number of aliphatic hydroxyl groups excluding tert-OH is 1. The van der Waals surface area contributed by atoms with E-state index in [0.717, 1.165) is 0 Å². The Hall–Kier alpha value is -1.68. The molecule has 0 amide bonds. The van der Waals surface area contributed by atoms with E-state index in [1.54, 1.807) is 31.3 Å². The molecule has 1 aromatic rings. The van der Waals surface area contributed by atoms with Gasteiger partial charge in [-0.15, -0.1) is 0 Å². The Morgan fingerprint density at radius 3 is 2.47 bits per heavy atom. The van der Waals surface area contributed by atoms with Gasteiger partial charge in [0.25, 0.3) is 0 Å². The zero-order valence-electron chi connectivity index (χ0n) is 8.07. The van der Waals surface area contributed by atoms with Crippen molar-refractivity contribution in [3.8, 4) is 0 Å². The fraction of sp³-hybridized carbons (Fsp3) is 0.0909. The van der Waals surface area contributed by atoms with Crippen LogP contribution in [0.1, 0.15) is 15.9 Å². The highest BCUT2D eigenvalue weighted by Gasteiger charge is 2.31. The van der Waals surface area contributed by atoms with E-state index >= 15 is 0 Å². The fourth-order valence-corrected chi connectivity index (χ4v) is 1.79. The van der Waals surface area contributed by atoms with E-state index in [0.29, 0.717) is 11.1 Å². The van der Waals surface area contributed by atoms with Gasteiger partial charge in [-0.3, -0.25) is 4.79 Å². The van der Waals surface area contributed by atoms with Crippen LogP contribution in [0, 0.1) is 0 Å². The van der Waals surface area contributed by atoms with Crippen molar-refractivity contribution in [3.63, 3.8) is 0 Å². The van der Waals surface area contributed by atoms with Crippen molar-refractivity contribution in [3.05, 3.63) is 41.0 Å². The molecule has 0 aromatic heterocycles. The molecule has 4 heteroatoms. The summed E-state index contributed by atoms with van der Waals surface area (Å²) < 4.78 is 0. The highest BCUT2D eigenvalue weighted by Crippen LogP contribution is 2.30. The first-order valence-electron chi connectivity index (χ1n) is 4.46. The third kappa shape index (κ3) is 1.34. The van der Waals surface area contributed by atoms with Gasteiger partial charge in [0, 0.05) is 18.2 Å². The summed E-state index contributed by atoms with van der Waals surface area (Å²) in [4.78, 5) is 12.1. The molecule has 1 aromatic carbocycles. The molecular weight excluding hydrogens is 210 g/mol.